The molecule has 0 unspecified atom stereocenters. The molecule has 1 fully saturated rings. The minimum Gasteiger partial charge on any atom is -0.315 e. The molecule has 0 spiro atoms. The van der Waals surface area contributed by atoms with Crippen molar-refractivity contribution in [1.82, 2.24) is 20.0 Å². The molecular weight excluding hydrogens is 176 g/mol. The summed E-state index contributed by atoms with van der Waals surface area (Å²) in [4.78, 5) is 7.11. The summed E-state index contributed by atoms with van der Waals surface area (Å²) in [7, 11) is 10.6. The van der Waals surface area contributed by atoms with E-state index in [2.05, 4.69) is 48.2 Å². The summed E-state index contributed by atoms with van der Waals surface area (Å²) in [5, 5.41) is 3.30. The molecule has 1 N–H and O–H groups in total. The monoisotopic (exact) mass is 200 g/mol. The average molecular weight is 200 g/mol. The molecule has 0 bridgehead atoms. The molecule has 0 aromatic carbocycles. The van der Waals surface area contributed by atoms with E-state index < -0.39 is 0 Å². The lowest BCUT2D eigenvalue weighted by Crippen LogP contribution is -2.73. The largest absolute Gasteiger partial charge is 0.315 e. The lowest BCUT2D eigenvalue weighted by atomic mass is 10.1. The summed E-state index contributed by atoms with van der Waals surface area (Å²) >= 11 is 0. The van der Waals surface area contributed by atoms with Crippen LogP contribution in [0.3, 0.4) is 0 Å². The maximum atomic E-state index is 3.30. The van der Waals surface area contributed by atoms with Gasteiger partial charge in [0.2, 0.25) is 0 Å². The summed E-state index contributed by atoms with van der Waals surface area (Å²) in [6.07, 6.45) is 1.33. The fourth-order valence-electron chi connectivity index (χ4n) is 2.31. The highest BCUT2D eigenvalue weighted by atomic mass is 15.6. The second-order valence-corrected chi connectivity index (χ2v) is 4.43. The molecule has 0 aromatic heterocycles. The van der Waals surface area contributed by atoms with E-state index in [-0.39, 0.29) is 5.79 Å². The molecule has 0 aromatic rings. The Hall–Kier alpha value is -0.160. The van der Waals surface area contributed by atoms with Crippen LogP contribution < -0.4 is 5.32 Å². The lowest BCUT2D eigenvalue weighted by molar-refractivity contribution is -0.153. The molecule has 4 heteroatoms. The molecule has 84 valence electrons. The SMILES string of the molecule is CNCC(N(C)C)(N(C)C)N1CCC1. The van der Waals surface area contributed by atoms with Crippen LogP contribution in [0.2, 0.25) is 0 Å². The normalized spacial score (nSPS) is 19.1. The molecule has 1 aliphatic rings. The number of hydrogen-bond acceptors (Lipinski definition) is 4. The fraction of sp³-hybridized carbons (Fsp3) is 1.00. The van der Waals surface area contributed by atoms with Gasteiger partial charge in [0, 0.05) is 19.6 Å². The van der Waals surface area contributed by atoms with E-state index in [4.69, 9.17) is 0 Å². The third-order valence-corrected chi connectivity index (χ3v) is 3.21. The van der Waals surface area contributed by atoms with Crippen LogP contribution in [0, 0.1) is 0 Å². The molecule has 0 saturated carbocycles. The average Bonchev–Trinajstić information content (AvgIpc) is 1.98. The van der Waals surface area contributed by atoms with E-state index >= 15 is 0 Å². The van der Waals surface area contributed by atoms with Gasteiger partial charge in [0.1, 0.15) is 5.79 Å². The van der Waals surface area contributed by atoms with Gasteiger partial charge in [0.15, 0.2) is 0 Å². The Morgan fingerprint density at radius 1 is 1.14 bits per heavy atom. The van der Waals surface area contributed by atoms with E-state index in [1.54, 1.807) is 0 Å². The first kappa shape index (κ1) is 11.9. The van der Waals surface area contributed by atoms with Gasteiger partial charge in [-0.1, -0.05) is 0 Å². The van der Waals surface area contributed by atoms with Crippen molar-refractivity contribution in [2.75, 3.05) is 54.9 Å². The maximum Gasteiger partial charge on any atom is 0.143 e. The van der Waals surface area contributed by atoms with Crippen molar-refractivity contribution >= 4 is 0 Å². The molecule has 0 atom stereocenters. The maximum absolute atomic E-state index is 3.30. The van der Waals surface area contributed by atoms with Crippen LogP contribution in [0.15, 0.2) is 0 Å². The molecule has 1 rings (SSSR count). The zero-order valence-electron chi connectivity index (χ0n) is 10.2. The molecule has 0 amide bonds. The Labute approximate surface area is 87.8 Å². The van der Waals surface area contributed by atoms with E-state index in [0.29, 0.717) is 0 Å². The highest BCUT2D eigenvalue weighted by molar-refractivity contribution is 4.91. The van der Waals surface area contributed by atoms with Crippen LogP contribution >= 0.6 is 0 Å². The summed E-state index contributed by atoms with van der Waals surface area (Å²) in [6, 6.07) is 0. The zero-order chi connectivity index (χ0) is 10.8. The fourth-order valence-corrected chi connectivity index (χ4v) is 2.31. The van der Waals surface area contributed by atoms with E-state index in [0.717, 1.165) is 6.54 Å². The predicted octanol–water partition coefficient (Wildman–Crippen LogP) is -0.311. The van der Waals surface area contributed by atoms with Gasteiger partial charge in [-0.15, -0.1) is 0 Å². The highest BCUT2D eigenvalue weighted by Crippen LogP contribution is 2.25. The van der Waals surface area contributed by atoms with Crippen molar-refractivity contribution in [3.05, 3.63) is 0 Å². The predicted molar refractivity (Wildman–Crippen MR) is 60.2 cm³/mol. The molecule has 14 heavy (non-hydrogen) atoms. The van der Waals surface area contributed by atoms with Gasteiger partial charge in [-0.3, -0.25) is 14.7 Å². The Morgan fingerprint density at radius 2 is 1.64 bits per heavy atom. The van der Waals surface area contributed by atoms with E-state index in [1.807, 2.05) is 7.05 Å². The van der Waals surface area contributed by atoms with E-state index in [1.165, 1.54) is 19.5 Å². The van der Waals surface area contributed by atoms with Gasteiger partial charge in [-0.2, -0.15) is 0 Å². The first-order chi connectivity index (χ1) is 6.55. The molecule has 1 aliphatic heterocycles. The van der Waals surface area contributed by atoms with Crippen LogP contribution in [0.25, 0.3) is 0 Å². The number of rotatable bonds is 5. The van der Waals surface area contributed by atoms with Crippen molar-refractivity contribution in [3.8, 4) is 0 Å². The van der Waals surface area contributed by atoms with Crippen LogP contribution in [0.5, 0.6) is 0 Å². The summed E-state index contributed by atoms with van der Waals surface area (Å²) in [5.74, 6) is 0.0347. The van der Waals surface area contributed by atoms with Gasteiger partial charge < -0.3 is 5.32 Å². The van der Waals surface area contributed by atoms with Crippen LogP contribution in [0.1, 0.15) is 6.42 Å². The third kappa shape index (κ3) is 1.80. The van der Waals surface area contributed by atoms with Crippen molar-refractivity contribution in [3.63, 3.8) is 0 Å². The molecule has 1 saturated heterocycles. The second kappa shape index (κ2) is 4.57. The number of nitrogens with zero attached hydrogens (tertiary/aromatic N) is 3. The first-order valence-electron chi connectivity index (χ1n) is 5.30. The van der Waals surface area contributed by atoms with Gasteiger partial charge in [-0.25, -0.2) is 0 Å². The minimum atomic E-state index is 0.0347. The van der Waals surface area contributed by atoms with Crippen molar-refractivity contribution < 1.29 is 0 Å². The van der Waals surface area contributed by atoms with Crippen molar-refractivity contribution in [2.24, 2.45) is 0 Å². The van der Waals surface area contributed by atoms with Gasteiger partial charge >= 0.3 is 0 Å². The van der Waals surface area contributed by atoms with Crippen molar-refractivity contribution in [1.29, 1.82) is 0 Å². The van der Waals surface area contributed by atoms with Gasteiger partial charge in [-0.05, 0) is 41.7 Å². The summed E-state index contributed by atoms with van der Waals surface area (Å²) in [5.41, 5.74) is 0. The van der Waals surface area contributed by atoms with Crippen LogP contribution in [0.4, 0.5) is 0 Å². The molecule has 1 heterocycles. The quantitative estimate of drug-likeness (QED) is 0.615. The summed E-state index contributed by atoms with van der Waals surface area (Å²) in [6.45, 7) is 3.38. The first-order valence-corrected chi connectivity index (χ1v) is 5.30. The van der Waals surface area contributed by atoms with Gasteiger partial charge in [0.25, 0.3) is 0 Å². The topological polar surface area (TPSA) is 21.8 Å². The number of likely N-dealkylation sites (tertiary alicyclic amines) is 1. The van der Waals surface area contributed by atoms with E-state index in [9.17, 15) is 0 Å². The van der Waals surface area contributed by atoms with Crippen LogP contribution in [-0.2, 0) is 0 Å². The minimum absolute atomic E-state index is 0.0347. The third-order valence-electron chi connectivity index (χ3n) is 3.21. The van der Waals surface area contributed by atoms with Crippen LogP contribution in [-0.4, -0.2) is 75.4 Å². The van der Waals surface area contributed by atoms with Gasteiger partial charge in [0.05, 0.1) is 0 Å². The number of likely N-dealkylation sites (N-methyl/N-ethyl adjacent to an activating group) is 3. The Balaban J connectivity index is 2.82. The lowest BCUT2D eigenvalue weighted by Gasteiger charge is -2.55. The smallest absolute Gasteiger partial charge is 0.143 e. The molecule has 0 aliphatic carbocycles. The highest BCUT2D eigenvalue weighted by Gasteiger charge is 2.43. The number of hydrogen-bond donors (Lipinski definition) is 1. The molecule has 4 nitrogen and oxygen atoms in total. The Kier molecular flexibility index (Phi) is 3.89. The number of nitrogens with one attached hydrogen (secondary N) is 1. The molecular formula is C10H24N4. The summed E-state index contributed by atoms with van der Waals surface area (Å²) < 4.78 is 0. The molecule has 0 radical (unpaired) electrons. The standard InChI is InChI=1S/C10H24N4/c1-11-9-10(12(2)3,13(4)5)14-7-6-8-14/h11H,6-9H2,1-5H3. The Bertz CT molecular complexity index is 167. The Morgan fingerprint density at radius 3 is 1.86 bits per heavy atom. The van der Waals surface area contributed by atoms with Crippen molar-refractivity contribution in [2.45, 2.75) is 12.2 Å². The zero-order valence-corrected chi connectivity index (χ0v) is 10.2. The second-order valence-electron chi connectivity index (χ2n) is 4.43.